The molecule has 0 aliphatic heterocycles. The Labute approximate surface area is 360 Å². The zero-order valence-corrected chi connectivity index (χ0v) is 34.7. The van der Waals surface area contributed by atoms with E-state index in [1.165, 1.54) is 87.0 Å². The number of carbonyl (C=O) groups is 4. The van der Waals surface area contributed by atoms with Crippen LogP contribution in [-0.4, -0.2) is 43.1 Å². The molecule has 1 amide bonds. The lowest BCUT2D eigenvalue weighted by atomic mass is 10.1. The first-order valence-corrected chi connectivity index (χ1v) is 19.0. The molecule has 0 saturated heterocycles. The molecule has 6 aromatic carbocycles. The lowest BCUT2D eigenvalue weighted by Crippen LogP contribution is -2.27. The number of benzene rings is 6. The number of carboxylic acid groups (broad SMARTS) is 1. The number of amides is 1. The summed E-state index contributed by atoms with van der Waals surface area (Å²) in [6, 6.07) is 33.2. The molecule has 4 N–H and O–H groups in total. The van der Waals surface area contributed by atoms with Crippen molar-refractivity contribution in [1.29, 1.82) is 0 Å². The van der Waals surface area contributed by atoms with Crippen LogP contribution in [-0.2, 0) is 9.47 Å². The van der Waals surface area contributed by atoms with Gasteiger partial charge in [0.2, 0.25) is 0 Å². The zero-order chi connectivity index (χ0) is 44.6. The maximum absolute atomic E-state index is 13.1. The van der Waals surface area contributed by atoms with Gasteiger partial charge in [0.25, 0.3) is 5.91 Å². The van der Waals surface area contributed by atoms with E-state index in [1.54, 1.807) is 48.5 Å². The molecular weight excluding hydrogens is 833 g/mol. The van der Waals surface area contributed by atoms with E-state index < -0.39 is 17.8 Å². The summed E-state index contributed by atoms with van der Waals surface area (Å²) in [7, 11) is 2.68. The summed E-state index contributed by atoms with van der Waals surface area (Å²) in [6.07, 6.45) is 0. The number of halogens is 4. The van der Waals surface area contributed by atoms with E-state index in [9.17, 15) is 28.0 Å². The van der Waals surface area contributed by atoms with Gasteiger partial charge in [-0.1, -0.05) is 47.5 Å². The summed E-state index contributed by atoms with van der Waals surface area (Å²) < 4.78 is 46.2. The molecular formula is C46H40Cl2F2N2O9. The van der Waals surface area contributed by atoms with Crippen LogP contribution >= 0.6 is 23.2 Å². The maximum Gasteiger partial charge on any atom is 0.339 e. The van der Waals surface area contributed by atoms with E-state index in [0.29, 0.717) is 32.7 Å². The Morgan fingerprint density at radius 3 is 1.38 bits per heavy atom. The second-order valence-electron chi connectivity index (χ2n) is 12.9. The highest BCUT2D eigenvalue weighted by molar-refractivity contribution is 6.31. The van der Waals surface area contributed by atoms with Crippen LogP contribution in [0.25, 0.3) is 0 Å². The summed E-state index contributed by atoms with van der Waals surface area (Å²) in [5, 5.41) is 12.6. The van der Waals surface area contributed by atoms with Gasteiger partial charge in [-0.15, -0.1) is 0 Å². The SMILES string of the molecule is COC(=O)c1ccc([C@H](C)N)cc1.COC(=O)c1ccc([C@H](C)NC(=O)c2cc(Cl)ccc2Oc2ccc(F)cc2)cc1.O=C(O)c1cc(Cl)ccc1Oc1ccc(F)cc1. The van der Waals surface area contributed by atoms with E-state index in [4.69, 9.17) is 43.5 Å². The summed E-state index contributed by atoms with van der Waals surface area (Å²) in [5.74, 6) is -1.89. The normalized spacial score (nSPS) is 11.2. The third-order valence-corrected chi connectivity index (χ3v) is 8.95. The number of aromatic carboxylic acids is 1. The molecule has 316 valence electrons. The highest BCUT2D eigenvalue weighted by atomic mass is 35.5. The van der Waals surface area contributed by atoms with E-state index >= 15 is 0 Å². The second kappa shape index (κ2) is 22.5. The molecule has 0 bridgehead atoms. The Morgan fingerprint density at radius 1 is 0.590 bits per heavy atom. The van der Waals surface area contributed by atoms with Crippen LogP contribution in [0.2, 0.25) is 10.0 Å². The van der Waals surface area contributed by atoms with Crippen molar-refractivity contribution in [3.8, 4) is 23.0 Å². The van der Waals surface area contributed by atoms with E-state index in [2.05, 4.69) is 14.8 Å². The molecule has 6 aromatic rings. The number of carbonyl (C=O) groups excluding carboxylic acids is 3. The summed E-state index contributed by atoms with van der Waals surface area (Å²) in [4.78, 5) is 46.5. The van der Waals surface area contributed by atoms with Crippen molar-refractivity contribution in [3.05, 3.63) is 189 Å². The Balaban J connectivity index is 0.000000223. The van der Waals surface area contributed by atoms with Gasteiger partial charge in [0, 0.05) is 16.1 Å². The van der Waals surface area contributed by atoms with E-state index in [1.807, 2.05) is 26.0 Å². The Kier molecular flexibility index (Phi) is 17.3. The molecule has 61 heavy (non-hydrogen) atoms. The van der Waals surface area contributed by atoms with Gasteiger partial charge < -0.3 is 35.1 Å². The van der Waals surface area contributed by atoms with Crippen LogP contribution in [0.4, 0.5) is 8.78 Å². The number of esters is 2. The molecule has 0 fully saturated rings. The fraction of sp³-hybridized carbons (Fsp3) is 0.130. The van der Waals surface area contributed by atoms with Crippen molar-refractivity contribution in [2.45, 2.75) is 25.9 Å². The minimum Gasteiger partial charge on any atom is -0.478 e. The van der Waals surface area contributed by atoms with Crippen LogP contribution in [0.5, 0.6) is 23.0 Å². The summed E-state index contributed by atoms with van der Waals surface area (Å²) >= 11 is 11.8. The molecule has 0 aliphatic carbocycles. The molecule has 0 radical (unpaired) electrons. The van der Waals surface area contributed by atoms with Crippen molar-refractivity contribution >= 4 is 47.0 Å². The number of hydrogen-bond donors (Lipinski definition) is 3. The summed E-state index contributed by atoms with van der Waals surface area (Å²) in [6.45, 7) is 3.71. The lowest BCUT2D eigenvalue weighted by Gasteiger charge is -2.17. The molecule has 0 unspecified atom stereocenters. The third kappa shape index (κ3) is 14.2. The fourth-order valence-electron chi connectivity index (χ4n) is 5.21. The van der Waals surface area contributed by atoms with Gasteiger partial charge in [-0.05, 0) is 134 Å². The Morgan fingerprint density at radius 2 is 0.984 bits per heavy atom. The average Bonchev–Trinajstić information content (AvgIpc) is 3.26. The highest BCUT2D eigenvalue weighted by Gasteiger charge is 2.18. The molecule has 2 atom stereocenters. The number of nitrogens with one attached hydrogen (secondary N) is 1. The number of carboxylic acids is 1. The van der Waals surface area contributed by atoms with Crippen LogP contribution in [0.15, 0.2) is 133 Å². The Hall–Kier alpha value is -6.80. The van der Waals surface area contributed by atoms with Gasteiger partial charge in [-0.2, -0.15) is 0 Å². The first kappa shape index (κ1) is 46.9. The van der Waals surface area contributed by atoms with Gasteiger partial charge in [0.05, 0.1) is 37.0 Å². The van der Waals surface area contributed by atoms with E-state index in [0.717, 1.165) is 11.1 Å². The summed E-state index contributed by atoms with van der Waals surface area (Å²) in [5.41, 5.74) is 8.63. The van der Waals surface area contributed by atoms with Gasteiger partial charge >= 0.3 is 17.9 Å². The Bertz CT molecular complexity index is 2430. The molecule has 0 heterocycles. The van der Waals surface area contributed by atoms with Crippen molar-refractivity contribution in [2.24, 2.45) is 5.73 Å². The van der Waals surface area contributed by atoms with Gasteiger partial charge in [-0.25, -0.2) is 23.2 Å². The highest BCUT2D eigenvalue weighted by Crippen LogP contribution is 2.30. The average molecular weight is 874 g/mol. The molecule has 0 spiro atoms. The van der Waals surface area contributed by atoms with Crippen LogP contribution in [0.1, 0.15) is 78.5 Å². The van der Waals surface area contributed by atoms with Crippen molar-refractivity contribution in [2.75, 3.05) is 14.2 Å². The molecule has 0 saturated carbocycles. The lowest BCUT2D eigenvalue weighted by molar-refractivity contribution is 0.0592. The van der Waals surface area contributed by atoms with Crippen molar-refractivity contribution in [1.82, 2.24) is 5.32 Å². The minimum atomic E-state index is -1.14. The second-order valence-corrected chi connectivity index (χ2v) is 13.8. The zero-order valence-electron chi connectivity index (χ0n) is 33.2. The number of rotatable bonds is 11. The predicted molar refractivity (Wildman–Crippen MR) is 227 cm³/mol. The number of hydrogen-bond acceptors (Lipinski definition) is 9. The first-order chi connectivity index (χ1) is 29.1. The quantitative estimate of drug-likeness (QED) is 0.107. The fourth-order valence-corrected chi connectivity index (χ4v) is 5.55. The van der Waals surface area contributed by atoms with Crippen molar-refractivity contribution in [3.63, 3.8) is 0 Å². The monoisotopic (exact) mass is 872 g/mol. The third-order valence-electron chi connectivity index (χ3n) is 8.48. The molecule has 0 aromatic heterocycles. The minimum absolute atomic E-state index is 0.00769. The number of nitrogens with two attached hydrogens (primary N) is 1. The maximum atomic E-state index is 13.1. The number of methoxy groups -OCH3 is 2. The smallest absolute Gasteiger partial charge is 0.339 e. The molecule has 6 rings (SSSR count). The largest absolute Gasteiger partial charge is 0.478 e. The van der Waals surface area contributed by atoms with Gasteiger partial charge in [-0.3, -0.25) is 4.79 Å². The standard InChI is InChI=1S/C23H19ClFNO4.C13H8ClFO3.C10H13NO2/c1-14(15-3-5-16(6-4-15)23(28)29-2)26-22(27)20-13-17(24)7-12-21(20)30-19-10-8-18(25)9-11-19;14-8-1-6-12(11(7-8)13(16)17)18-10-4-2-9(15)3-5-10;1-7(11)8-3-5-9(6-4-8)10(12)13-2/h3-14H,1-2H3,(H,26,27);1-7H,(H,16,17);3-7H,11H2,1-2H3/t14-;;7-/m0.0/s1. The van der Waals surface area contributed by atoms with Crippen LogP contribution < -0.4 is 20.5 Å². The van der Waals surface area contributed by atoms with Gasteiger partial charge in [0.15, 0.2) is 0 Å². The van der Waals surface area contributed by atoms with Crippen LogP contribution in [0, 0.1) is 11.6 Å². The molecule has 11 nitrogen and oxygen atoms in total. The van der Waals surface area contributed by atoms with Crippen LogP contribution in [0.3, 0.4) is 0 Å². The number of ether oxygens (including phenoxy) is 4. The topological polar surface area (TPSA) is 163 Å². The van der Waals surface area contributed by atoms with Crippen molar-refractivity contribution < 1.29 is 52.0 Å². The molecule has 0 aliphatic rings. The predicted octanol–water partition coefficient (Wildman–Crippen LogP) is 11.0. The van der Waals surface area contributed by atoms with Gasteiger partial charge in [0.1, 0.15) is 40.2 Å². The first-order valence-electron chi connectivity index (χ1n) is 18.2. The van der Waals surface area contributed by atoms with E-state index in [-0.39, 0.29) is 52.4 Å². The molecule has 15 heteroatoms.